The van der Waals surface area contributed by atoms with E-state index >= 15 is 0 Å². The van der Waals surface area contributed by atoms with E-state index in [1.807, 2.05) is 0 Å². The van der Waals surface area contributed by atoms with Crippen molar-refractivity contribution in [2.24, 2.45) is 0 Å². The van der Waals surface area contributed by atoms with E-state index in [9.17, 15) is 4.79 Å². The standard InChI is InChI=1S/C7H10O3/c1-2-3-9-7(8)4-6-5-10-6/h2,6H,1,3-5H2. The Labute approximate surface area is 59.6 Å². The molecule has 0 aromatic rings. The predicted octanol–water partition coefficient (Wildman–Crippen LogP) is 0.504. The molecule has 0 bridgehead atoms. The van der Waals surface area contributed by atoms with Gasteiger partial charge in [0.25, 0.3) is 0 Å². The van der Waals surface area contributed by atoms with Gasteiger partial charge in [0.2, 0.25) is 0 Å². The predicted molar refractivity (Wildman–Crippen MR) is 35.5 cm³/mol. The lowest BCUT2D eigenvalue weighted by Crippen LogP contribution is -2.07. The quantitative estimate of drug-likeness (QED) is 0.326. The smallest absolute Gasteiger partial charge is 0.308 e. The van der Waals surface area contributed by atoms with Gasteiger partial charge in [0, 0.05) is 0 Å². The van der Waals surface area contributed by atoms with Gasteiger partial charge in [-0.3, -0.25) is 4.79 Å². The maximum atomic E-state index is 10.7. The lowest BCUT2D eigenvalue weighted by atomic mass is 10.3. The molecule has 0 amide bonds. The number of ether oxygens (including phenoxy) is 2. The van der Waals surface area contributed by atoms with E-state index in [2.05, 4.69) is 6.58 Å². The van der Waals surface area contributed by atoms with Crippen molar-refractivity contribution in [3.8, 4) is 0 Å². The molecule has 0 aliphatic carbocycles. The summed E-state index contributed by atoms with van der Waals surface area (Å²) in [6.07, 6.45) is 2.05. The first-order valence-corrected chi connectivity index (χ1v) is 3.21. The first-order valence-electron chi connectivity index (χ1n) is 3.21. The van der Waals surface area contributed by atoms with Crippen LogP contribution in [0.5, 0.6) is 0 Å². The summed E-state index contributed by atoms with van der Waals surface area (Å²) in [6, 6.07) is 0. The molecule has 1 fully saturated rings. The van der Waals surface area contributed by atoms with Gasteiger partial charge in [0.1, 0.15) is 6.61 Å². The molecule has 56 valence electrons. The number of hydrogen-bond donors (Lipinski definition) is 0. The van der Waals surface area contributed by atoms with Crippen molar-refractivity contribution < 1.29 is 14.3 Å². The maximum Gasteiger partial charge on any atom is 0.308 e. The van der Waals surface area contributed by atoms with Gasteiger partial charge in [-0.15, -0.1) is 0 Å². The van der Waals surface area contributed by atoms with Gasteiger partial charge < -0.3 is 9.47 Å². The number of carbonyl (C=O) groups is 1. The second-order valence-electron chi connectivity index (χ2n) is 2.13. The van der Waals surface area contributed by atoms with E-state index in [4.69, 9.17) is 9.47 Å². The highest BCUT2D eigenvalue weighted by Crippen LogP contribution is 2.13. The van der Waals surface area contributed by atoms with Gasteiger partial charge >= 0.3 is 5.97 Å². The first kappa shape index (κ1) is 7.28. The number of esters is 1. The highest BCUT2D eigenvalue weighted by Gasteiger charge is 2.26. The molecule has 1 saturated heterocycles. The largest absolute Gasteiger partial charge is 0.461 e. The molecule has 1 aliphatic rings. The molecule has 1 atom stereocenters. The zero-order chi connectivity index (χ0) is 7.40. The highest BCUT2D eigenvalue weighted by atomic mass is 16.6. The summed E-state index contributed by atoms with van der Waals surface area (Å²) >= 11 is 0. The molecule has 0 saturated carbocycles. The normalized spacial score (nSPS) is 21.8. The number of hydrogen-bond acceptors (Lipinski definition) is 3. The Morgan fingerprint density at radius 3 is 3.10 bits per heavy atom. The Morgan fingerprint density at radius 2 is 2.60 bits per heavy atom. The molecular weight excluding hydrogens is 132 g/mol. The zero-order valence-corrected chi connectivity index (χ0v) is 5.71. The lowest BCUT2D eigenvalue weighted by Gasteiger charge is -1.97. The fourth-order valence-electron chi connectivity index (χ4n) is 0.583. The molecule has 0 spiro atoms. The molecular formula is C7H10O3. The molecule has 1 heterocycles. The number of rotatable bonds is 4. The van der Waals surface area contributed by atoms with Crippen molar-refractivity contribution in [1.29, 1.82) is 0 Å². The number of carbonyl (C=O) groups excluding carboxylic acids is 1. The summed E-state index contributed by atoms with van der Waals surface area (Å²) in [5.41, 5.74) is 0. The van der Waals surface area contributed by atoms with Crippen LogP contribution in [0.4, 0.5) is 0 Å². The monoisotopic (exact) mass is 142 g/mol. The number of epoxide rings is 1. The molecule has 0 N–H and O–H groups in total. The molecule has 10 heavy (non-hydrogen) atoms. The minimum atomic E-state index is -0.206. The van der Waals surface area contributed by atoms with Crippen LogP contribution in [0.15, 0.2) is 12.7 Å². The molecule has 1 aliphatic heterocycles. The minimum absolute atomic E-state index is 0.123. The third kappa shape index (κ3) is 2.64. The second-order valence-corrected chi connectivity index (χ2v) is 2.13. The van der Waals surface area contributed by atoms with Crippen LogP contribution in [-0.4, -0.2) is 25.3 Å². The Morgan fingerprint density at radius 1 is 1.90 bits per heavy atom. The van der Waals surface area contributed by atoms with Crippen LogP contribution in [-0.2, 0) is 14.3 Å². The first-order chi connectivity index (χ1) is 4.83. The summed E-state index contributed by atoms with van der Waals surface area (Å²) in [5, 5.41) is 0. The van der Waals surface area contributed by atoms with Crippen LogP contribution in [0.3, 0.4) is 0 Å². The average molecular weight is 142 g/mol. The van der Waals surface area contributed by atoms with Crippen molar-refractivity contribution in [1.82, 2.24) is 0 Å². The summed E-state index contributed by atoms with van der Waals surface area (Å²) < 4.78 is 9.54. The van der Waals surface area contributed by atoms with Gasteiger partial charge in [-0.05, 0) is 0 Å². The fraction of sp³-hybridized carbons (Fsp3) is 0.571. The topological polar surface area (TPSA) is 38.8 Å². The van der Waals surface area contributed by atoms with Crippen LogP contribution >= 0.6 is 0 Å². The summed E-state index contributed by atoms with van der Waals surface area (Å²) in [7, 11) is 0. The van der Waals surface area contributed by atoms with Gasteiger partial charge in [-0.1, -0.05) is 12.7 Å². The Bertz CT molecular complexity index is 138. The lowest BCUT2D eigenvalue weighted by molar-refractivity contribution is -0.142. The second kappa shape index (κ2) is 3.37. The van der Waals surface area contributed by atoms with Gasteiger partial charge in [0.05, 0.1) is 19.1 Å². The molecule has 0 aromatic heterocycles. The van der Waals surface area contributed by atoms with E-state index in [0.29, 0.717) is 19.6 Å². The maximum absolute atomic E-state index is 10.7. The minimum Gasteiger partial charge on any atom is -0.461 e. The summed E-state index contributed by atoms with van der Waals surface area (Å²) in [6.45, 7) is 4.41. The summed E-state index contributed by atoms with van der Waals surface area (Å²) in [5.74, 6) is -0.206. The van der Waals surface area contributed by atoms with Gasteiger partial charge in [0.15, 0.2) is 0 Å². The van der Waals surface area contributed by atoms with Crippen molar-refractivity contribution >= 4 is 5.97 Å². The fourth-order valence-corrected chi connectivity index (χ4v) is 0.583. The van der Waals surface area contributed by atoms with E-state index in [1.165, 1.54) is 0 Å². The Hall–Kier alpha value is -0.830. The molecule has 3 heteroatoms. The van der Waals surface area contributed by atoms with Crippen molar-refractivity contribution in [3.05, 3.63) is 12.7 Å². The molecule has 1 rings (SSSR count). The Balaban J connectivity index is 2.02. The van der Waals surface area contributed by atoms with Crippen LogP contribution in [0, 0.1) is 0 Å². The SMILES string of the molecule is C=CCOC(=O)CC1CO1. The van der Waals surface area contributed by atoms with E-state index in [-0.39, 0.29) is 12.1 Å². The zero-order valence-electron chi connectivity index (χ0n) is 5.71. The van der Waals surface area contributed by atoms with Crippen LogP contribution in [0.1, 0.15) is 6.42 Å². The molecule has 3 nitrogen and oxygen atoms in total. The van der Waals surface area contributed by atoms with E-state index in [0.717, 1.165) is 0 Å². The van der Waals surface area contributed by atoms with Crippen molar-refractivity contribution in [2.75, 3.05) is 13.2 Å². The van der Waals surface area contributed by atoms with Crippen LogP contribution in [0.2, 0.25) is 0 Å². The molecule has 0 radical (unpaired) electrons. The summed E-state index contributed by atoms with van der Waals surface area (Å²) in [4.78, 5) is 10.7. The van der Waals surface area contributed by atoms with Gasteiger partial charge in [-0.25, -0.2) is 0 Å². The molecule has 0 aromatic carbocycles. The van der Waals surface area contributed by atoms with Gasteiger partial charge in [-0.2, -0.15) is 0 Å². The Kier molecular flexibility index (Phi) is 2.45. The third-order valence-electron chi connectivity index (χ3n) is 1.16. The van der Waals surface area contributed by atoms with Crippen LogP contribution < -0.4 is 0 Å². The van der Waals surface area contributed by atoms with E-state index < -0.39 is 0 Å². The highest BCUT2D eigenvalue weighted by molar-refractivity contribution is 5.70. The average Bonchev–Trinajstić information content (AvgIpc) is 2.67. The third-order valence-corrected chi connectivity index (χ3v) is 1.16. The van der Waals surface area contributed by atoms with E-state index in [1.54, 1.807) is 6.08 Å². The van der Waals surface area contributed by atoms with Crippen molar-refractivity contribution in [2.45, 2.75) is 12.5 Å². The van der Waals surface area contributed by atoms with Crippen LogP contribution in [0.25, 0.3) is 0 Å². The molecule has 1 unspecified atom stereocenters. The van der Waals surface area contributed by atoms with Crippen molar-refractivity contribution in [3.63, 3.8) is 0 Å².